The molecule has 13 rings (SSSR count). The molecule has 2 aromatic heterocycles. The lowest BCUT2D eigenvalue weighted by Gasteiger charge is -2.42. The molecular formula is C66H84N10O11S5. The van der Waals surface area contributed by atoms with Crippen LogP contribution in [0.4, 0.5) is 31.4 Å². The number of thiazole rings is 1. The highest BCUT2D eigenvalue weighted by Gasteiger charge is 2.54. The Labute approximate surface area is 547 Å². The second-order valence-electron chi connectivity index (χ2n) is 28.7. The Balaban J connectivity index is 0.751. The van der Waals surface area contributed by atoms with Crippen LogP contribution in [0.1, 0.15) is 178 Å². The first-order valence-corrected chi connectivity index (χ1v) is 38.7. The van der Waals surface area contributed by atoms with Gasteiger partial charge in [-0.05, 0) is 235 Å². The van der Waals surface area contributed by atoms with E-state index in [0.29, 0.717) is 52.7 Å². The highest BCUT2D eigenvalue weighted by atomic mass is 32.3. The van der Waals surface area contributed by atoms with Crippen molar-refractivity contribution >= 4 is 93.2 Å². The Morgan fingerprint density at radius 2 is 1.40 bits per heavy atom. The highest BCUT2D eigenvalue weighted by Crippen LogP contribution is 2.63. The molecule has 10 unspecified atom stereocenters. The van der Waals surface area contributed by atoms with Gasteiger partial charge in [-0.25, -0.2) is 51.5 Å². The van der Waals surface area contributed by atoms with Gasteiger partial charge in [0.25, 0.3) is 10.0 Å². The molecule has 0 radical (unpaired) electrons. The van der Waals surface area contributed by atoms with Crippen molar-refractivity contribution in [1.29, 1.82) is 9.56 Å². The first-order valence-electron chi connectivity index (χ1n) is 32.3. The first kappa shape index (κ1) is 64.8. The summed E-state index contributed by atoms with van der Waals surface area (Å²) in [4.78, 5) is 50.8. The molecule has 4 saturated carbocycles. The second-order valence-corrected chi connectivity index (χ2v) is 36.8. The zero-order chi connectivity index (χ0) is 65.2. The van der Waals surface area contributed by atoms with Gasteiger partial charge in [-0.2, -0.15) is 8.42 Å². The fourth-order valence-electron chi connectivity index (χ4n) is 15.5. The highest BCUT2D eigenvalue weighted by molar-refractivity contribution is 8.23. The number of hydrogen-bond donors (Lipinski definition) is 11. The maximum Gasteiger partial charge on any atom is 0.333 e. The van der Waals surface area contributed by atoms with Gasteiger partial charge in [-0.15, -0.1) is 11.3 Å². The number of carbonyl (C=O) groups excluding carboxylic acids is 3. The smallest absolute Gasteiger partial charge is 0.333 e. The summed E-state index contributed by atoms with van der Waals surface area (Å²) in [6.45, 7) is 9.30. The third kappa shape index (κ3) is 13.2. The van der Waals surface area contributed by atoms with Crippen LogP contribution in [-0.4, -0.2) is 77.0 Å². The number of aliphatic imine (C=N–C) groups is 1. The van der Waals surface area contributed by atoms with Gasteiger partial charge in [-0.1, -0.05) is 67.4 Å². The van der Waals surface area contributed by atoms with E-state index in [-0.39, 0.29) is 56.8 Å². The van der Waals surface area contributed by atoms with E-state index in [2.05, 4.69) is 76.5 Å². The third-order valence-corrected chi connectivity index (χ3v) is 28.9. The molecule has 21 nitrogen and oxygen atoms in total. The average Bonchev–Trinajstić information content (AvgIpc) is 1.57. The fourth-order valence-corrected chi connectivity index (χ4v) is 21.0. The molecule has 0 saturated heterocycles. The number of nitrogens with zero attached hydrogens (tertiary/aromatic N) is 2. The first-order chi connectivity index (χ1) is 43.4. The minimum atomic E-state index is -4.44. The molecule has 5 aromatic rings. The number of rotatable bonds is 21. The number of nitrogens with one attached hydrogen (secondary N) is 8. The summed E-state index contributed by atoms with van der Waals surface area (Å²) in [6, 6.07) is 11.8. The normalized spacial score (nSPS) is 25.2. The third-order valence-electron chi connectivity index (χ3n) is 20.7. The van der Waals surface area contributed by atoms with Crippen molar-refractivity contribution in [3.63, 3.8) is 0 Å². The van der Waals surface area contributed by atoms with Gasteiger partial charge in [-0.3, -0.25) is 4.99 Å². The molecule has 3 aromatic carbocycles. The van der Waals surface area contributed by atoms with E-state index in [0.717, 1.165) is 170 Å². The molecule has 10 atom stereocenters. The van der Waals surface area contributed by atoms with Gasteiger partial charge in [0.1, 0.15) is 40.0 Å². The van der Waals surface area contributed by atoms with Crippen LogP contribution in [0.3, 0.4) is 0 Å². The molecule has 11 N–H and O–H groups in total. The van der Waals surface area contributed by atoms with Crippen molar-refractivity contribution < 1.29 is 51.0 Å². The number of benzene rings is 3. The molecule has 3 heterocycles. The Kier molecular flexibility index (Phi) is 17.0. The molecule has 26 heteroatoms. The SMILES string of the molecule is CC(C)(O)C1=NCC(S(=N)(=O)NC(=O)Nc2c(CC3CCC3C3CCc4c3ccc(CC3CCC3)c4NC(=O)NS(=N)(=O)c3cnc(C(C)(C)O)s3)ccc3c2CC(C2CC2C(c2ccc4c(c2NC(=O)NS(=O)(=O)c2cc(C(C)(C)O)co2)CCC4)C2CC2)C3)S1. The van der Waals surface area contributed by atoms with Crippen LogP contribution in [0.25, 0.3) is 0 Å². The van der Waals surface area contributed by atoms with E-state index in [1.165, 1.54) is 31.7 Å². The number of aliphatic hydroxyl groups is 3. The number of carbonyl (C=O) groups is 3. The molecule has 6 amide bonds. The molecule has 4 fully saturated rings. The summed E-state index contributed by atoms with van der Waals surface area (Å²) in [5.74, 6) is 2.50. The molecule has 0 bridgehead atoms. The van der Waals surface area contributed by atoms with Gasteiger partial charge >= 0.3 is 18.1 Å². The number of furan rings is 1. The molecule has 494 valence electrons. The number of fused-ring (bicyclic) bond motifs is 3. The van der Waals surface area contributed by atoms with Crippen molar-refractivity contribution in [3.05, 3.63) is 116 Å². The van der Waals surface area contributed by atoms with Gasteiger partial charge < -0.3 is 35.7 Å². The van der Waals surface area contributed by atoms with Crippen LogP contribution < -0.4 is 30.1 Å². The van der Waals surface area contributed by atoms with E-state index in [1.807, 2.05) is 0 Å². The number of thioether (sulfide) groups is 1. The van der Waals surface area contributed by atoms with E-state index in [9.17, 15) is 46.5 Å². The lowest BCUT2D eigenvalue weighted by atomic mass is 9.63. The molecule has 92 heavy (non-hydrogen) atoms. The van der Waals surface area contributed by atoms with E-state index >= 15 is 0 Å². The summed E-state index contributed by atoms with van der Waals surface area (Å²) in [7, 11) is -12.0. The van der Waals surface area contributed by atoms with E-state index in [1.54, 1.807) is 27.7 Å². The van der Waals surface area contributed by atoms with Crippen molar-refractivity contribution in [2.24, 2.45) is 46.4 Å². The Hall–Kier alpha value is -5.87. The molecule has 8 aliphatic rings. The standard InChI is InChI=1S/C66H84N10O11S5/c1-64(2,80)42-29-52(87-33-42)92(85,86)76-63(79)73-58-44-12-8-11-35(44)17-22-48(58)55(36-13-14-36)51-30-49(51)41-27-38-15-16-40(57(50(38)28-41)72-62(78)75-91(68,84)54-32-70-60(89-54)66(5,6)82)26-37-18-20-43(37)45-23-24-47-46(45)21-19-39(25-34-9-7-10-34)56(47)71-61(77)74-90(67,83)53-31-69-59(88-53)65(3,4)81/h15-17,19,21-22,29,31,33-34,36-37,41,43,45,49,51,54-55,80-82H,7-14,18,20,23-28,30,32H2,1-6H3,(H2,73,76,79)(H3,67,71,74,77,83)(H3,68,72,75,78,84). The fraction of sp³-hybridized carbons (Fsp3) is 0.561. The van der Waals surface area contributed by atoms with Gasteiger partial charge in [0, 0.05) is 28.7 Å². The average molecular weight is 1350 g/mol. The Bertz CT molecular complexity index is 4170. The number of anilines is 3. The number of hydrogen-bond acceptors (Lipinski definition) is 17. The lowest BCUT2D eigenvalue weighted by Crippen LogP contribution is -2.40. The predicted molar refractivity (Wildman–Crippen MR) is 356 cm³/mol. The van der Waals surface area contributed by atoms with Crippen LogP contribution in [0.15, 0.2) is 73.6 Å². The minimum absolute atomic E-state index is 0.00602. The minimum Gasteiger partial charge on any atom is -0.451 e. The number of amides is 6. The zero-order valence-electron chi connectivity index (χ0n) is 52.7. The summed E-state index contributed by atoms with van der Waals surface area (Å²) in [5.41, 5.74) is 7.89. The maximum absolute atomic E-state index is 14.4. The van der Waals surface area contributed by atoms with E-state index < -0.39 is 74.4 Å². The summed E-state index contributed by atoms with van der Waals surface area (Å²) >= 11 is 1.98. The molecule has 7 aliphatic carbocycles. The second kappa shape index (κ2) is 24.1. The largest absolute Gasteiger partial charge is 0.451 e. The van der Waals surface area contributed by atoms with Gasteiger partial charge in [0.15, 0.2) is 9.92 Å². The van der Waals surface area contributed by atoms with Crippen LogP contribution in [-0.2, 0) is 86.0 Å². The number of urea groups is 3. The van der Waals surface area contributed by atoms with Gasteiger partial charge in [0.05, 0.1) is 24.6 Å². The molecular weight excluding hydrogens is 1270 g/mol. The lowest BCUT2D eigenvalue weighted by molar-refractivity contribution is 0.0775. The van der Waals surface area contributed by atoms with Crippen LogP contribution in [0.2, 0.25) is 0 Å². The summed E-state index contributed by atoms with van der Waals surface area (Å²) in [6.07, 6.45) is 17.8. The van der Waals surface area contributed by atoms with Crippen molar-refractivity contribution in [2.45, 2.75) is 193 Å². The monoisotopic (exact) mass is 1350 g/mol. The Morgan fingerprint density at radius 3 is 2.05 bits per heavy atom. The zero-order valence-corrected chi connectivity index (χ0v) is 56.8. The number of aromatic nitrogens is 1. The van der Waals surface area contributed by atoms with E-state index in [4.69, 9.17) is 14.0 Å². The predicted octanol–water partition coefficient (Wildman–Crippen LogP) is 11.8. The number of aryl methyl sites for hydroxylation is 1. The summed E-state index contributed by atoms with van der Waals surface area (Å²) in [5, 5.41) is 41.1. The van der Waals surface area contributed by atoms with Crippen molar-refractivity contribution in [2.75, 3.05) is 22.5 Å². The van der Waals surface area contributed by atoms with Crippen molar-refractivity contribution in [3.8, 4) is 0 Å². The van der Waals surface area contributed by atoms with Gasteiger partial charge in [0.2, 0.25) is 5.09 Å². The topological polar surface area (TPSA) is 338 Å². The number of sulfonamides is 1. The maximum atomic E-state index is 14.4. The van der Waals surface area contributed by atoms with Crippen LogP contribution in [0, 0.1) is 51.0 Å². The molecule has 0 spiro atoms. The molecule has 1 aliphatic heterocycles. The van der Waals surface area contributed by atoms with Crippen molar-refractivity contribution in [1.82, 2.24) is 19.2 Å². The summed E-state index contributed by atoms with van der Waals surface area (Å²) < 4.78 is 84.2. The quantitative estimate of drug-likeness (QED) is 0.0326. The van der Waals surface area contributed by atoms with Crippen LogP contribution >= 0.6 is 23.1 Å². The van der Waals surface area contributed by atoms with Crippen LogP contribution in [0.5, 0.6) is 0 Å². The Morgan fingerprint density at radius 1 is 0.707 bits per heavy atom.